The highest BCUT2D eigenvalue weighted by Gasteiger charge is 2.46. The molecule has 1 atom stereocenters. The van der Waals surface area contributed by atoms with Crippen LogP contribution in [0.4, 0.5) is 10.1 Å². The van der Waals surface area contributed by atoms with E-state index in [9.17, 15) is 9.59 Å². The number of aryl methyl sites for hydroxylation is 1. The van der Waals surface area contributed by atoms with Crippen molar-refractivity contribution in [1.29, 1.82) is 0 Å². The number of hydrogen-bond donors (Lipinski definition) is 2. The van der Waals surface area contributed by atoms with Crippen LogP contribution in [0, 0.1) is 12.3 Å². The number of nitrogens with zero attached hydrogens (tertiary/aromatic N) is 5. The fourth-order valence-electron chi connectivity index (χ4n) is 6.36. The molecule has 3 aliphatic rings. The van der Waals surface area contributed by atoms with Crippen molar-refractivity contribution in [2.45, 2.75) is 38.3 Å². The number of ether oxygens (including phenoxy) is 1. The van der Waals surface area contributed by atoms with Crippen molar-refractivity contribution in [1.82, 2.24) is 25.0 Å². The monoisotopic (exact) mass is 573 g/mol. The van der Waals surface area contributed by atoms with Gasteiger partial charge in [0.2, 0.25) is 11.8 Å². The van der Waals surface area contributed by atoms with Crippen molar-refractivity contribution in [2.24, 2.45) is 10.4 Å². The smallest absolute Gasteiger partial charge is 0.236 e. The van der Waals surface area contributed by atoms with E-state index >= 15 is 4.39 Å². The third kappa shape index (κ3) is 5.46. The summed E-state index contributed by atoms with van der Waals surface area (Å²) in [6.07, 6.45) is 6.91. The predicted octanol–water partition coefficient (Wildman–Crippen LogP) is 3.90. The highest BCUT2D eigenvalue weighted by molar-refractivity contribution is 6.00. The zero-order valence-electron chi connectivity index (χ0n) is 24.0. The number of aromatic amines is 1. The molecule has 1 aromatic carbocycles. The van der Waals surface area contributed by atoms with E-state index in [0.29, 0.717) is 50.4 Å². The number of piperidine rings is 1. The number of anilines is 1. The lowest BCUT2D eigenvalue weighted by atomic mass is 9.86. The second-order valence-corrected chi connectivity index (χ2v) is 11.7. The van der Waals surface area contributed by atoms with E-state index < -0.39 is 11.1 Å². The Morgan fingerprint density at radius 2 is 1.98 bits per heavy atom. The van der Waals surface area contributed by atoms with Gasteiger partial charge in [0.25, 0.3) is 0 Å². The molecule has 0 bridgehead atoms. The van der Waals surface area contributed by atoms with Crippen LogP contribution in [0.3, 0.4) is 0 Å². The molecule has 2 fully saturated rings. The van der Waals surface area contributed by atoms with Crippen LogP contribution in [0.1, 0.15) is 31.4 Å². The van der Waals surface area contributed by atoms with E-state index in [-0.39, 0.29) is 37.8 Å². The SMILES string of the molecule is COCC1(C(=O)Nc2ccc3[nH]nc(-c4ccnc(C)c4)c3c2)CCN(CC(=O)N2CCC(F)(C3=NC=CC3)CC2)C1. The van der Waals surface area contributed by atoms with Crippen LogP contribution in [0.5, 0.6) is 0 Å². The molecule has 10 nitrogen and oxygen atoms in total. The molecular formula is C31H36FN7O3. The molecule has 5 heterocycles. The van der Waals surface area contributed by atoms with Gasteiger partial charge in [0, 0.05) is 80.7 Å². The number of likely N-dealkylation sites (tertiary alicyclic amines) is 2. The Kier molecular flexibility index (Phi) is 7.63. The van der Waals surface area contributed by atoms with Gasteiger partial charge in [-0.1, -0.05) is 6.08 Å². The number of aromatic nitrogens is 3. The number of methoxy groups -OCH3 is 1. The zero-order valence-corrected chi connectivity index (χ0v) is 24.0. The van der Waals surface area contributed by atoms with Crippen LogP contribution in [0.25, 0.3) is 22.2 Å². The summed E-state index contributed by atoms with van der Waals surface area (Å²) in [5.74, 6) is -0.184. The average molecular weight is 574 g/mol. The molecule has 0 aliphatic carbocycles. The molecule has 42 heavy (non-hydrogen) atoms. The number of pyridine rings is 1. The van der Waals surface area contributed by atoms with E-state index in [1.165, 1.54) is 0 Å². The molecule has 0 saturated carbocycles. The molecule has 2 saturated heterocycles. The number of halogens is 1. The van der Waals surface area contributed by atoms with Crippen molar-refractivity contribution in [2.75, 3.05) is 51.8 Å². The molecule has 220 valence electrons. The number of nitrogens with one attached hydrogen (secondary N) is 2. The highest BCUT2D eigenvalue weighted by atomic mass is 19.1. The molecule has 1 unspecified atom stereocenters. The third-order valence-corrected chi connectivity index (χ3v) is 8.76. The van der Waals surface area contributed by atoms with Crippen LogP contribution in [-0.2, 0) is 14.3 Å². The van der Waals surface area contributed by atoms with Gasteiger partial charge < -0.3 is 15.0 Å². The largest absolute Gasteiger partial charge is 0.384 e. The van der Waals surface area contributed by atoms with Crippen molar-refractivity contribution in [3.63, 3.8) is 0 Å². The quantitative estimate of drug-likeness (QED) is 0.422. The van der Waals surface area contributed by atoms with E-state index in [1.54, 1.807) is 24.4 Å². The Morgan fingerprint density at radius 1 is 1.14 bits per heavy atom. The first-order valence-corrected chi connectivity index (χ1v) is 14.4. The van der Waals surface area contributed by atoms with Gasteiger partial charge in [-0.15, -0.1) is 0 Å². The molecule has 11 heteroatoms. The molecule has 2 N–H and O–H groups in total. The van der Waals surface area contributed by atoms with Gasteiger partial charge in [-0.3, -0.25) is 29.6 Å². The molecule has 2 amide bonds. The lowest BCUT2D eigenvalue weighted by molar-refractivity contribution is -0.135. The lowest BCUT2D eigenvalue weighted by Crippen LogP contribution is -2.50. The maximum atomic E-state index is 15.4. The summed E-state index contributed by atoms with van der Waals surface area (Å²) in [5, 5.41) is 11.6. The van der Waals surface area contributed by atoms with Crippen molar-refractivity contribution < 1.29 is 18.7 Å². The molecule has 3 aliphatic heterocycles. The number of amides is 2. The van der Waals surface area contributed by atoms with Crippen LogP contribution in [0.15, 0.2) is 53.8 Å². The Morgan fingerprint density at radius 3 is 2.71 bits per heavy atom. The molecule has 0 spiro atoms. The van der Waals surface area contributed by atoms with E-state index in [2.05, 4.69) is 25.5 Å². The van der Waals surface area contributed by atoms with Gasteiger partial charge in [-0.05, 0) is 50.2 Å². The van der Waals surface area contributed by atoms with Gasteiger partial charge >= 0.3 is 0 Å². The molecule has 0 radical (unpaired) electrons. The topological polar surface area (TPSA) is 116 Å². The average Bonchev–Trinajstić information content (AvgIpc) is 3.75. The van der Waals surface area contributed by atoms with Crippen LogP contribution in [-0.4, -0.2) is 94.6 Å². The normalized spacial score (nSPS) is 22.1. The van der Waals surface area contributed by atoms with Crippen LogP contribution in [0.2, 0.25) is 0 Å². The summed E-state index contributed by atoms with van der Waals surface area (Å²) in [5.41, 5.74) is 2.50. The highest BCUT2D eigenvalue weighted by Crippen LogP contribution is 2.35. The molecular weight excluding hydrogens is 537 g/mol. The number of rotatable bonds is 8. The van der Waals surface area contributed by atoms with Gasteiger partial charge in [0.15, 0.2) is 5.67 Å². The van der Waals surface area contributed by atoms with Gasteiger partial charge in [-0.25, -0.2) is 4.39 Å². The first kappa shape index (κ1) is 28.2. The van der Waals surface area contributed by atoms with Gasteiger partial charge in [-0.2, -0.15) is 5.10 Å². The summed E-state index contributed by atoms with van der Waals surface area (Å²) in [4.78, 5) is 39.1. The second-order valence-electron chi connectivity index (χ2n) is 11.7. The number of hydrogen-bond acceptors (Lipinski definition) is 7. The minimum atomic E-state index is -1.43. The van der Waals surface area contributed by atoms with Gasteiger partial charge in [0.05, 0.1) is 29.8 Å². The number of allylic oxidation sites excluding steroid dienone is 1. The van der Waals surface area contributed by atoms with Crippen LogP contribution < -0.4 is 5.32 Å². The fraction of sp³-hybridized carbons (Fsp3) is 0.452. The third-order valence-electron chi connectivity index (χ3n) is 8.76. The number of benzene rings is 1. The van der Waals surface area contributed by atoms with E-state index in [0.717, 1.165) is 27.9 Å². The van der Waals surface area contributed by atoms with Crippen molar-refractivity contribution in [3.05, 3.63) is 54.5 Å². The fourth-order valence-corrected chi connectivity index (χ4v) is 6.36. The number of fused-ring (bicyclic) bond motifs is 1. The standard InChI is InChI=1S/C31H36FN7O3/c1-21-16-22(7-12-33-21)28-24-17-23(5-6-25(24)36-37-28)35-29(41)30(20-42-2)8-13-38(19-30)18-27(40)39-14-9-31(32,10-15-39)26-4-3-11-34-26/h3,5-7,11-12,16-17H,4,8-10,13-15,18-20H2,1-2H3,(H,35,41)(H,36,37). The number of carbonyl (C=O) groups is 2. The minimum absolute atomic E-state index is 0.0403. The Hall–Kier alpha value is -3.96. The predicted molar refractivity (Wildman–Crippen MR) is 159 cm³/mol. The Labute approximate surface area is 244 Å². The second kappa shape index (κ2) is 11.4. The summed E-state index contributed by atoms with van der Waals surface area (Å²) < 4.78 is 20.9. The summed E-state index contributed by atoms with van der Waals surface area (Å²) >= 11 is 0. The van der Waals surface area contributed by atoms with E-state index in [1.807, 2.05) is 48.2 Å². The minimum Gasteiger partial charge on any atom is -0.384 e. The molecule has 3 aromatic rings. The summed E-state index contributed by atoms with van der Waals surface area (Å²) in [6.45, 7) is 4.09. The first-order valence-electron chi connectivity index (χ1n) is 14.4. The van der Waals surface area contributed by atoms with Crippen molar-refractivity contribution >= 4 is 34.1 Å². The summed E-state index contributed by atoms with van der Waals surface area (Å²) in [7, 11) is 1.59. The number of alkyl halides is 1. The number of H-pyrrole nitrogens is 1. The Bertz CT molecular complexity index is 1560. The van der Waals surface area contributed by atoms with E-state index in [4.69, 9.17) is 4.74 Å². The molecule has 2 aromatic heterocycles. The summed E-state index contributed by atoms with van der Waals surface area (Å²) in [6, 6.07) is 9.56. The number of carbonyl (C=O) groups excluding carboxylic acids is 2. The van der Waals surface area contributed by atoms with Crippen LogP contribution >= 0.6 is 0 Å². The van der Waals surface area contributed by atoms with Gasteiger partial charge in [0.1, 0.15) is 5.69 Å². The number of aliphatic imine (C=N–C) groups is 1. The maximum Gasteiger partial charge on any atom is 0.236 e. The molecule has 6 rings (SSSR count). The first-order chi connectivity index (χ1) is 20.3. The van der Waals surface area contributed by atoms with Crippen molar-refractivity contribution in [3.8, 4) is 11.3 Å². The Balaban J connectivity index is 1.10. The zero-order chi connectivity index (χ0) is 29.3. The lowest BCUT2D eigenvalue weighted by Gasteiger charge is -2.37. The maximum absolute atomic E-state index is 15.4.